The summed E-state index contributed by atoms with van der Waals surface area (Å²) in [6, 6.07) is 1.66. The van der Waals surface area contributed by atoms with Crippen molar-refractivity contribution in [3.63, 3.8) is 0 Å². The third-order valence-electron chi connectivity index (χ3n) is 2.56. The van der Waals surface area contributed by atoms with E-state index < -0.39 is 0 Å². The predicted molar refractivity (Wildman–Crippen MR) is 64.7 cm³/mol. The van der Waals surface area contributed by atoms with Crippen LogP contribution in [0.1, 0.15) is 17.5 Å². The highest BCUT2D eigenvalue weighted by Gasteiger charge is 2.08. The van der Waals surface area contributed by atoms with Crippen molar-refractivity contribution in [1.82, 2.24) is 29.7 Å². The number of aromatic nitrogens is 6. The van der Waals surface area contributed by atoms with Crippen molar-refractivity contribution in [2.45, 2.75) is 20.4 Å². The van der Waals surface area contributed by atoms with Crippen LogP contribution >= 0.6 is 0 Å². The first-order valence-electron chi connectivity index (χ1n) is 5.61. The Morgan fingerprint density at radius 3 is 3.00 bits per heavy atom. The van der Waals surface area contributed by atoms with E-state index >= 15 is 0 Å². The zero-order valence-electron chi connectivity index (χ0n) is 10.3. The number of aromatic amines is 1. The van der Waals surface area contributed by atoms with Crippen LogP contribution in [0.15, 0.2) is 15.4 Å². The van der Waals surface area contributed by atoms with Crippen LogP contribution in [0, 0.1) is 13.8 Å². The van der Waals surface area contributed by atoms with Crippen molar-refractivity contribution in [2.24, 2.45) is 0 Å². The highest BCUT2D eigenvalue weighted by Crippen LogP contribution is 2.09. The first-order valence-corrected chi connectivity index (χ1v) is 5.61. The van der Waals surface area contributed by atoms with Crippen LogP contribution in [0.3, 0.4) is 0 Å². The molecule has 0 aliphatic carbocycles. The number of aryl methyl sites for hydroxylation is 2. The number of fused-ring (bicyclic) bond motifs is 1. The fraction of sp³-hybridized carbons (Fsp3) is 0.300. The average molecular weight is 261 g/mol. The van der Waals surface area contributed by atoms with Crippen LogP contribution in [0.5, 0.6) is 0 Å². The van der Waals surface area contributed by atoms with E-state index in [0.717, 1.165) is 0 Å². The number of nitrogens with zero attached hydrogens (tertiary/aromatic N) is 5. The molecule has 0 bridgehead atoms. The Morgan fingerprint density at radius 2 is 2.26 bits per heavy atom. The zero-order chi connectivity index (χ0) is 13.4. The predicted octanol–water partition coefficient (Wildman–Crippen LogP) is 0.0295. The summed E-state index contributed by atoms with van der Waals surface area (Å²) in [5.74, 6) is 2.17. The summed E-state index contributed by atoms with van der Waals surface area (Å²) >= 11 is 0. The second-order valence-corrected chi connectivity index (χ2v) is 4.00. The van der Waals surface area contributed by atoms with Crippen molar-refractivity contribution < 1.29 is 4.52 Å². The highest BCUT2D eigenvalue weighted by atomic mass is 16.5. The van der Waals surface area contributed by atoms with E-state index in [0.29, 0.717) is 35.5 Å². The molecule has 19 heavy (non-hydrogen) atoms. The molecule has 0 atom stereocenters. The molecule has 0 unspecified atom stereocenters. The van der Waals surface area contributed by atoms with Gasteiger partial charge in [0.2, 0.25) is 5.89 Å². The number of hydrogen-bond donors (Lipinski definition) is 2. The number of H-pyrrole nitrogens is 1. The molecule has 3 heterocycles. The van der Waals surface area contributed by atoms with Crippen molar-refractivity contribution in [3.8, 4) is 0 Å². The van der Waals surface area contributed by atoms with Crippen LogP contribution in [-0.4, -0.2) is 29.7 Å². The van der Waals surface area contributed by atoms with Crippen molar-refractivity contribution in [2.75, 3.05) is 5.32 Å². The molecule has 0 aliphatic heterocycles. The van der Waals surface area contributed by atoms with E-state index in [1.54, 1.807) is 19.9 Å². The maximum Gasteiger partial charge on any atom is 0.349 e. The summed E-state index contributed by atoms with van der Waals surface area (Å²) in [6.45, 7) is 3.83. The quantitative estimate of drug-likeness (QED) is 0.683. The molecule has 0 aromatic carbocycles. The summed E-state index contributed by atoms with van der Waals surface area (Å²) < 4.78 is 6.37. The summed E-state index contributed by atoms with van der Waals surface area (Å²) in [6.07, 6.45) is 0. The van der Waals surface area contributed by atoms with Crippen LogP contribution in [0.2, 0.25) is 0 Å². The molecule has 9 heteroatoms. The number of hydrogen-bond acceptors (Lipinski definition) is 7. The molecule has 2 N–H and O–H groups in total. The average Bonchev–Trinajstić information content (AvgIpc) is 2.94. The molecule has 0 aliphatic rings. The fourth-order valence-corrected chi connectivity index (χ4v) is 1.77. The van der Waals surface area contributed by atoms with E-state index in [1.807, 2.05) is 0 Å². The minimum absolute atomic E-state index is 0.306. The molecule has 3 aromatic heterocycles. The van der Waals surface area contributed by atoms with E-state index in [2.05, 4.69) is 30.6 Å². The van der Waals surface area contributed by atoms with Gasteiger partial charge >= 0.3 is 5.69 Å². The minimum Gasteiger partial charge on any atom is -0.361 e. The molecule has 0 spiro atoms. The normalized spacial score (nSPS) is 11.1. The van der Waals surface area contributed by atoms with E-state index in [-0.39, 0.29) is 5.69 Å². The summed E-state index contributed by atoms with van der Waals surface area (Å²) in [5.41, 5.74) is 0.195. The molecule has 0 amide bonds. The number of rotatable bonds is 3. The molecule has 0 saturated heterocycles. The van der Waals surface area contributed by atoms with Crippen molar-refractivity contribution in [3.05, 3.63) is 34.1 Å². The van der Waals surface area contributed by atoms with Crippen LogP contribution < -0.4 is 11.0 Å². The molecule has 0 saturated carbocycles. The second-order valence-electron chi connectivity index (χ2n) is 4.00. The summed E-state index contributed by atoms with van der Waals surface area (Å²) in [4.78, 5) is 19.8. The largest absolute Gasteiger partial charge is 0.361 e. The van der Waals surface area contributed by atoms with Gasteiger partial charge in [0, 0.05) is 6.07 Å². The van der Waals surface area contributed by atoms with Gasteiger partial charge in [0.05, 0.1) is 6.54 Å². The van der Waals surface area contributed by atoms with Gasteiger partial charge in [-0.1, -0.05) is 5.16 Å². The van der Waals surface area contributed by atoms with E-state index in [4.69, 9.17) is 4.52 Å². The smallest absolute Gasteiger partial charge is 0.349 e. The Balaban J connectivity index is 1.87. The Morgan fingerprint density at radius 1 is 1.42 bits per heavy atom. The molecule has 3 rings (SSSR count). The van der Waals surface area contributed by atoms with E-state index in [9.17, 15) is 4.79 Å². The Kier molecular flexibility index (Phi) is 2.51. The van der Waals surface area contributed by atoms with Gasteiger partial charge < -0.3 is 9.84 Å². The van der Waals surface area contributed by atoms with Gasteiger partial charge in [0.15, 0.2) is 11.5 Å². The first kappa shape index (κ1) is 11.4. The Bertz CT molecular complexity index is 785. The number of anilines is 1. The Hall–Kier alpha value is -2.71. The monoisotopic (exact) mass is 261 g/mol. The lowest BCUT2D eigenvalue weighted by atomic mass is 10.5. The lowest BCUT2D eigenvalue weighted by Gasteiger charge is -2.04. The fourth-order valence-electron chi connectivity index (χ4n) is 1.77. The van der Waals surface area contributed by atoms with Crippen LogP contribution in [-0.2, 0) is 6.54 Å². The third-order valence-corrected chi connectivity index (χ3v) is 2.56. The molecule has 98 valence electrons. The van der Waals surface area contributed by atoms with Gasteiger partial charge in [0.25, 0.3) is 0 Å². The zero-order valence-corrected chi connectivity index (χ0v) is 10.3. The van der Waals surface area contributed by atoms with E-state index in [1.165, 1.54) is 4.40 Å². The van der Waals surface area contributed by atoms with Crippen molar-refractivity contribution >= 4 is 11.5 Å². The lowest BCUT2D eigenvalue weighted by Crippen LogP contribution is -2.14. The molecule has 0 fully saturated rings. The van der Waals surface area contributed by atoms with Gasteiger partial charge in [-0.05, 0) is 13.8 Å². The SMILES string of the molecule is Cc1noc(CNc2cc3n[nH]c(=O)n3c(C)n2)n1. The van der Waals surface area contributed by atoms with Gasteiger partial charge in [0.1, 0.15) is 11.6 Å². The Labute approximate surface area is 106 Å². The van der Waals surface area contributed by atoms with Crippen molar-refractivity contribution in [1.29, 1.82) is 0 Å². The van der Waals surface area contributed by atoms with Gasteiger partial charge in [-0.25, -0.2) is 19.3 Å². The second kappa shape index (κ2) is 4.19. The van der Waals surface area contributed by atoms with Gasteiger partial charge in [-0.2, -0.15) is 10.1 Å². The topological polar surface area (TPSA) is 114 Å². The molecular weight excluding hydrogens is 250 g/mol. The van der Waals surface area contributed by atoms with Gasteiger partial charge in [-0.15, -0.1) is 0 Å². The maximum atomic E-state index is 11.4. The maximum absolute atomic E-state index is 11.4. The summed E-state index contributed by atoms with van der Waals surface area (Å²) in [7, 11) is 0. The van der Waals surface area contributed by atoms with Crippen LogP contribution in [0.4, 0.5) is 5.82 Å². The molecule has 0 radical (unpaired) electrons. The van der Waals surface area contributed by atoms with Gasteiger partial charge in [-0.3, -0.25) is 0 Å². The summed E-state index contributed by atoms with van der Waals surface area (Å²) in [5, 5.41) is 13.0. The molecule has 3 aromatic rings. The standard InChI is InChI=1S/C10H11N7O2/c1-5-12-9(19-16-5)4-11-7-3-8-14-15-10(18)17(8)6(2)13-7/h3,11H,4H2,1-2H3,(H,15,18). The highest BCUT2D eigenvalue weighted by molar-refractivity contribution is 5.49. The lowest BCUT2D eigenvalue weighted by molar-refractivity contribution is 0.379. The van der Waals surface area contributed by atoms with Crippen LogP contribution in [0.25, 0.3) is 5.65 Å². The molecule has 9 nitrogen and oxygen atoms in total. The first-order chi connectivity index (χ1) is 9.13. The molecular formula is C10H11N7O2. The number of nitrogens with one attached hydrogen (secondary N) is 2. The third kappa shape index (κ3) is 2.05. The minimum atomic E-state index is -0.306.